The zero-order valence-corrected chi connectivity index (χ0v) is 12.2. The van der Waals surface area contributed by atoms with Crippen molar-refractivity contribution in [3.63, 3.8) is 0 Å². The molecule has 1 aromatic heterocycles. The summed E-state index contributed by atoms with van der Waals surface area (Å²) in [5.41, 5.74) is -0.0797. The van der Waals surface area contributed by atoms with Gasteiger partial charge in [0.25, 0.3) is 0 Å². The van der Waals surface area contributed by atoms with Crippen LogP contribution in [0.5, 0.6) is 0 Å². The van der Waals surface area contributed by atoms with Crippen LogP contribution in [0.1, 0.15) is 33.4 Å². The molecule has 0 bridgehead atoms. The van der Waals surface area contributed by atoms with E-state index in [1.165, 1.54) is 6.92 Å². The quantitative estimate of drug-likeness (QED) is 0.915. The molecule has 0 aliphatic carbocycles. The molecule has 0 fully saturated rings. The summed E-state index contributed by atoms with van der Waals surface area (Å²) < 4.78 is 5.24. The summed E-state index contributed by atoms with van der Waals surface area (Å²) in [4.78, 5) is 28.5. The Morgan fingerprint density at radius 3 is 2.50 bits per heavy atom. The van der Waals surface area contributed by atoms with E-state index < -0.39 is 23.7 Å². The first kappa shape index (κ1) is 15.9. The fourth-order valence-electron chi connectivity index (χ4n) is 1.48. The fraction of sp³-hybridized carbons (Fsp3) is 0.500. The van der Waals surface area contributed by atoms with Gasteiger partial charge in [0.2, 0.25) is 0 Å². The summed E-state index contributed by atoms with van der Waals surface area (Å²) in [6, 6.07) is 4.27. The van der Waals surface area contributed by atoms with E-state index in [1.807, 2.05) is 0 Å². The van der Waals surface area contributed by atoms with E-state index >= 15 is 0 Å². The molecule has 1 N–H and O–H groups in total. The average Bonchev–Trinajstić information content (AvgIpc) is 2.34. The number of hydrogen-bond acceptors (Lipinski definition) is 4. The zero-order valence-electron chi connectivity index (χ0n) is 12.2. The molecule has 110 valence electrons. The Balaban J connectivity index is 2.91. The third kappa shape index (κ3) is 4.87. The van der Waals surface area contributed by atoms with Crippen LogP contribution in [0.4, 0.5) is 4.79 Å². The van der Waals surface area contributed by atoms with Gasteiger partial charge >= 0.3 is 12.1 Å². The molecule has 6 heteroatoms. The normalized spacial score (nSPS) is 12.6. The lowest BCUT2D eigenvalue weighted by molar-refractivity contribution is -0.142. The maximum Gasteiger partial charge on any atom is 0.411 e. The van der Waals surface area contributed by atoms with Gasteiger partial charge in [-0.25, -0.2) is 9.59 Å². The summed E-state index contributed by atoms with van der Waals surface area (Å²) in [7, 11) is 0. The number of carbonyl (C=O) groups excluding carboxylic acids is 1. The highest BCUT2D eigenvalue weighted by molar-refractivity contribution is 5.79. The number of carboxylic acids is 1. The molecular formula is C14H20N2O4. The van der Waals surface area contributed by atoms with Crippen molar-refractivity contribution in [1.29, 1.82) is 0 Å². The maximum absolute atomic E-state index is 12.1. The van der Waals surface area contributed by atoms with E-state index in [9.17, 15) is 9.59 Å². The Kier molecular flexibility index (Phi) is 5.07. The molecule has 0 aromatic carbocycles. The Morgan fingerprint density at radius 2 is 2.05 bits per heavy atom. The second-order valence-corrected chi connectivity index (χ2v) is 5.44. The summed E-state index contributed by atoms with van der Waals surface area (Å²) in [6.45, 7) is 6.72. The van der Waals surface area contributed by atoms with Crippen LogP contribution in [-0.2, 0) is 16.1 Å². The van der Waals surface area contributed by atoms with Crippen molar-refractivity contribution >= 4 is 12.1 Å². The molecule has 0 saturated heterocycles. The molecule has 20 heavy (non-hydrogen) atoms. The number of hydrogen-bond donors (Lipinski definition) is 1. The predicted octanol–water partition coefficient (Wildman–Crippen LogP) is 2.29. The highest BCUT2D eigenvalue weighted by atomic mass is 16.6. The Labute approximate surface area is 118 Å². The van der Waals surface area contributed by atoms with Crippen LogP contribution in [-0.4, -0.2) is 38.7 Å². The third-order valence-corrected chi connectivity index (χ3v) is 2.51. The first-order valence-electron chi connectivity index (χ1n) is 6.33. The van der Waals surface area contributed by atoms with E-state index in [0.717, 1.165) is 4.90 Å². The molecule has 0 radical (unpaired) electrons. The van der Waals surface area contributed by atoms with Crippen molar-refractivity contribution in [2.24, 2.45) is 0 Å². The van der Waals surface area contributed by atoms with Crippen LogP contribution >= 0.6 is 0 Å². The molecule has 1 rings (SSSR count). The van der Waals surface area contributed by atoms with Gasteiger partial charge in [-0.15, -0.1) is 0 Å². The zero-order chi connectivity index (χ0) is 15.3. The topological polar surface area (TPSA) is 79.7 Å². The summed E-state index contributed by atoms with van der Waals surface area (Å²) >= 11 is 0. The molecule has 6 nitrogen and oxygen atoms in total. The number of aliphatic carboxylic acids is 1. The summed E-state index contributed by atoms with van der Waals surface area (Å²) in [6.07, 6.45) is 0.923. The van der Waals surface area contributed by atoms with Gasteiger partial charge in [0.1, 0.15) is 11.6 Å². The number of rotatable bonds is 4. The second-order valence-electron chi connectivity index (χ2n) is 5.44. The molecule has 0 saturated carbocycles. The smallest absolute Gasteiger partial charge is 0.411 e. The first-order chi connectivity index (χ1) is 9.20. The lowest BCUT2D eigenvalue weighted by Gasteiger charge is -2.29. The second kappa shape index (κ2) is 6.36. The number of amides is 1. The predicted molar refractivity (Wildman–Crippen MR) is 73.1 cm³/mol. The largest absolute Gasteiger partial charge is 0.480 e. The minimum atomic E-state index is -1.09. The summed E-state index contributed by atoms with van der Waals surface area (Å²) in [5, 5.41) is 9.11. The molecule has 0 aliphatic heterocycles. The number of nitrogens with zero attached hydrogens (tertiary/aromatic N) is 2. The first-order valence-corrected chi connectivity index (χ1v) is 6.33. The molecule has 1 atom stereocenters. The number of pyridine rings is 1. The van der Waals surface area contributed by atoms with E-state index in [-0.39, 0.29) is 6.54 Å². The van der Waals surface area contributed by atoms with Crippen LogP contribution in [0, 0.1) is 0 Å². The minimum absolute atomic E-state index is 0.0865. The number of aromatic nitrogens is 1. The monoisotopic (exact) mass is 280 g/mol. The van der Waals surface area contributed by atoms with E-state index in [4.69, 9.17) is 9.84 Å². The summed E-state index contributed by atoms with van der Waals surface area (Å²) in [5.74, 6) is -1.09. The number of ether oxygens (including phenoxy) is 1. The molecule has 1 aromatic rings. The standard InChI is InChI=1S/C14H20N2O4/c1-10(12(17)18)16(13(19)20-14(2,3)4)9-11-7-5-6-8-15-11/h5-8,10H,9H2,1-4H3,(H,17,18)/t10-/m0/s1. The van der Waals surface area contributed by atoms with Gasteiger partial charge in [-0.1, -0.05) is 6.07 Å². The van der Waals surface area contributed by atoms with E-state index in [1.54, 1.807) is 45.2 Å². The van der Waals surface area contributed by atoms with Gasteiger partial charge in [0, 0.05) is 6.20 Å². The Morgan fingerprint density at radius 1 is 1.40 bits per heavy atom. The van der Waals surface area contributed by atoms with Crippen LogP contribution in [0.2, 0.25) is 0 Å². The van der Waals surface area contributed by atoms with Crippen LogP contribution in [0.3, 0.4) is 0 Å². The molecule has 1 heterocycles. The van der Waals surface area contributed by atoms with Crippen molar-refractivity contribution < 1.29 is 19.4 Å². The van der Waals surface area contributed by atoms with Crippen molar-refractivity contribution in [2.75, 3.05) is 0 Å². The highest BCUT2D eigenvalue weighted by Gasteiger charge is 2.30. The lowest BCUT2D eigenvalue weighted by Crippen LogP contribution is -2.45. The molecule has 1 amide bonds. The van der Waals surface area contributed by atoms with E-state index in [2.05, 4.69) is 4.98 Å². The van der Waals surface area contributed by atoms with Gasteiger partial charge in [-0.3, -0.25) is 9.88 Å². The van der Waals surface area contributed by atoms with Gasteiger partial charge in [-0.2, -0.15) is 0 Å². The maximum atomic E-state index is 12.1. The average molecular weight is 280 g/mol. The SMILES string of the molecule is C[C@@H](C(=O)O)N(Cc1ccccn1)C(=O)OC(C)(C)C. The van der Waals surface area contributed by atoms with Crippen LogP contribution < -0.4 is 0 Å². The fourth-order valence-corrected chi connectivity index (χ4v) is 1.48. The lowest BCUT2D eigenvalue weighted by atomic mass is 10.2. The van der Waals surface area contributed by atoms with Crippen molar-refractivity contribution in [3.05, 3.63) is 30.1 Å². The van der Waals surface area contributed by atoms with Gasteiger partial charge < -0.3 is 9.84 Å². The molecule has 0 aliphatic rings. The van der Waals surface area contributed by atoms with Gasteiger partial charge in [-0.05, 0) is 39.8 Å². The number of carbonyl (C=O) groups is 2. The molecular weight excluding hydrogens is 260 g/mol. The van der Waals surface area contributed by atoms with Crippen molar-refractivity contribution in [3.8, 4) is 0 Å². The van der Waals surface area contributed by atoms with Gasteiger partial charge in [0.15, 0.2) is 0 Å². The molecule has 0 unspecified atom stereocenters. The number of carboxylic acid groups (broad SMARTS) is 1. The third-order valence-electron chi connectivity index (χ3n) is 2.51. The van der Waals surface area contributed by atoms with Gasteiger partial charge in [0.05, 0.1) is 12.2 Å². The van der Waals surface area contributed by atoms with Crippen molar-refractivity contribution in [1.82, 2.24) is 9.88 Å². The highest BCUT2D eigenvalue weighted by Crippen LogP contribution is 2.14. The molecule has 0 spiro atoms. The minimum Gasteiger partial charge on any atom is -0.480 e. The Hall–Kier alpha value is -2.11. The van der Waals surface area contributed by atoms with E-state index in [0.29, 0.717) is 5.69 Å². The van der Waals surface area contributed by atoms with Crippen molar-refractivity contribution in [2.45, 2.75) is 45.9 Å². The van der Waals surface area contributed by atoms with Crippen LogP contribution in [0.25, 0.3) is 0 Å². The Bertz CT molecular complexity index is 468. The van der Waals surface area contributed by atoms with Crippen LogP contribution in [0.15, 0.2) is 24.4 Å².